The van der Waals surface area contributed by atoms with Gasteiger partial charge in [0.05, 0.1) is 11.9 Å². The van der Waals surface area contributed by atoms with E-state index in [2.05, 4.69) is 43.0 Å². The third-order valence-corrected chi connectivity index (χ3v) is 3.95. The lowest BCUT2D eigenvalue weighted by Gasteiger charge is -2.08. The van der Waals surface area contributed by atoms with Gasteiger partial charge in [-0.15, -0.1) is 11.3 Å². The SMILES string of the molecule is CC(C)Cc1nc(-c2cnccn2)sc1CNC(C)C. The fourth-order valence-corrected chi connectivity index (χ4v) is 2.89. The van der Waals surface area contributed by atoms with Crippen molar-refractivity contribution < 1.29 is 0 Å². The van der Waals surface area contributed by atoms with Crippen molar-refractivity contribution in [1.82, 2.24) is 20.3 Å². The summed E-state index contributed by atoms with van der Waals surface area (Å²) >= 11 is 1.72. The van der Waals surface area contributed by atoms with Gasteiger partial charge in [-0.25, -0.2) is 4.98 Å². The average molecular weight is 290 g/mol. The Morgan fingerprint density at radius 1 is 1.20 bits per heavy atom. The van der Waals surface area contributed by atoms with E-state index in [0.29, 0.717) is 12.0 Å². The van der Waals surface area contributed by atoms with Crippen molar-refractivity contribution in [3.63, 3.8) is 0 Å². The van der Waals surface area contributed by atoms with Crippen molar-refractivity contribution in [1.29, 1.82) is 0 Å². The van der Waals surface area contributed by atoms with Gasteiger partial charge in [0.2, 0.25) is 0 Å². The van der Waals surface area contributed by atoms with Gasteiger partial charge in [0, 0.05) is 29.9 Å². The van der Waals surface area contributed by atoms with Crippen LogP contribution < -0.4 is 5.32 Å². The highest BCUT2D eigenvalue weighted by Gasteiger charge is 2.14. The van der Waals surface area contributed by atoms with E-state index < -0.39 is 0 Å². The first-order valence-corrected chi connectivity index (χ1v) is 7.86. The summed E-state index contributed by atoms with van der Waals surface area (Å²) in [5.74, 6) is 0.601. The summed E-state index contributed by atoms with van der Waals surface area (Å²) in [7, 11) is 0. The van der Waals surface area contributed by atoms with Crippen LogP contribution in [0, 0.1) is 5.92 Å². The van der Waals surface area contributed by atoms with Crippen LogP contribution in [-0.4, -0.2) is 21.0 Å². The van der Waals surface area contributed by atoms with Crippen molar-refractivity contribution in [2.24, 2.45) is 5.92 Å². The lowest BCUT2D eigenvalue weighted by Crippen LogP contribution is -2.22. The first-order chi connectivity index (χ1) is 9.56. The molecule has 0 radical (unpaired) electrons. The fraction of sp³-hybridized carbons (Fsp3) is 0.533. The van der Waals surface area contributed by atoms with E-state index >= 15 is 0 Å². The Labute approximate surface area is 124 Å². The standard InChI is InChI=1S/C15H22N4S/c1-10(2)7-12-14(9-18-11(3)4)20-15(19-12)13-8-16-5-6-17-13/h5-6,8,10-11,18H,7,9H2,1-4H3. The van der Waals surface area contributed by atoms with Crippen LogP contribution in [-0.2, 0) is 13.0 Å². The lowest BCUT2D eigenvalue weighted by atomic mass is 10.1. The first-order valence-electron chi connectivity index (χ1n) is 7.04. The van der Waals surface area contributed by atoms with Crippen LogP contribution in [0.1, 0.15) is 38.3 Å². The normalized spacial score (nSPS) is 11.5. The van der Waals surface area contributed by atoms with Crippen LogP contribution >= 0.6 is 11.3 Å². The Balaban J connectivity index is 2.26. The topological polar surface area (TPSA) is 50.7 Å². The third-order valence-electron chi connectivity index (χ3n) is 2.83. The highest BCUT2D eigenvalue weighted by molar-refractivity contribution is 7.15. The molecule has 0 aliphatic rings. The second kappa shape index (κ2) is 6.90. The summed E-state index contributed by atoms with van der Waals surface area (Å²) < 4.78 is 0. The summed E-state index contributed by atoms with van der Waals surface area (Å²) in [5, 5.41) is 4.44. The molecule has 0 amide bonds. The minimum Gasteiger partial charge on any atom is -0.310 e. The van der Waals surface area contributed by atoms with Gasteiger partial charge in [0.15, 0.2) is 0 Å². The lowest BCUT2D eigenvalue weighted by molar-refractivity contribution is 0.581. The molecule has 0 unspecified atom stereocenters. The maximum Gasteiger partial charge on any atom is 0.144 e. The van der Waals surface area contributed by atoms with Crippen LogP contribution in [0.4, 0.5) is 0 Å². The Hall–Kier alpha value is -1.33. The number of thiazole rings is 1. The molecule has 0 bridgehead atoms. The van der Waals surface area contributed by atoms with Gasteiger partial charge in [0.25, 0.3) is 0 Å². The summed E-state index contributed by atoms with van der Waals surface area (Å²) in [6.45, 7) is 9.64. The van der Waals surface area contributed by atoms with E-state index in [1.165, 1.54) is 10.6 Å². The van der Waals surface area contributed by atoms with Crippen LogP contribution in [0.25, 0.3) is 10.7 Å². The van der Waals surface area contributed by atoms with Gasteiger partial charge in [-0.05, 0) is 12.3 Å². The molecule has 0 saturated heterocycles. The molecule has 2 heterocycles. The fourth-order valence-electron chi connectivity index (χ4n) is 1.88. The summed E-state index contributed by atoms with van der Waals surface area (Å²) in [6.07, 6.45) is 6.18. The second-order valence-electron chi connectivity index (χ2n) is 5.61. The van der Waals surface area contributed by atoms with Gasteiger partial charge in [0.1, 0.15) is 10.7 Å². The van der Waals surface area contributed by atoms with Gasteiger partial charge < -0.3 is 5.32 Å². The molecule has 0 spiro atoms. The molecule has 4 nitrogen and oxygen atoms in total. The van der Waals surface area contributed by atoms with Gasteiger partial charge >= 0.3 is 0 Å². The van der Waals surface area contributed by atoms with Gasteiger partial charge in [-0.2, -0.15) is 0 Å². The van der Waals surface area contributed by atoms with Crippen LogP contribution in [0.15, 0.2) is 18.6 Å². The predicted octanol–water partition coefficient (Wildman–Crippen LogP) is 3.30. The first kappa shape index (κ1) is 15.1. The molecular weight excluding hydrogens is 268 g/mol. The summed E-state index contributed by atoms with van der Waals surface area (Å²) in [5.41, 5.74) is 2.05. The van der Waals surface area contributed by atoms with E-state index in [1.807, 2.05) is 0 Å². The van der Waals surface area contributed by atoms with Crippen LogP contribution in [0.2, 0.25) is 0 Å². The number of rotatable bonds is 6. The van der Waals surface area contributed by atoms with Crippen molar-refractivity contribution in [2.45, 2.75) is 46.7 Å². The minimum absolute atomic E-state index is 0.476. The Morgan fingerprint density at radius 3 is 2.60 bits per heavy atom. The molecule has 1 N–H and O–H groups in total. The summed E-state index contributed by atoms with van der Waals surface area (Å²) in [6, 6.07) is 0.476. The molecule has 2 rings (SSSR count). The molecule has 0 aliphatic heterocycles. The molecule has 2 aromatic heterocycles. The van der Waals surface area contributed by atoms with Gasteiger partial charge in [-0.1, -0.05) is 27.7 Å². The zero-order valence-corrected chi connectivity index (χ0v) is 13.4. The molecule has 0 fully saturated rings. The highest BCUT2D eigenvalue weighted by Crippen LogP contribution is 2.28. The van der Waals surface area contributed by atoms with E-state index in [4.69, 9.17) is 4.98 Å². The number of nitrogens with zero attached hydrogens (tertiary/aromatic N) is 3. The Morgan fingerprint density at radius 2 is 2.00 bits per heavy atom. The van der Waals surface area contributed by atoms with E-state index in [-0.39, 0.29) is 0 Å². The zero-order valence-electron chi connectivity index (χ0n) is 12.6. The smallest absolute Gasteiger partial charge is 0.144 e. The highest BCUT2D eigenvalue weighted by atomic mass is 32.1. The van der Waals surface area contributed by atoms with E-state index in [0.717, 1.165) is 23.7 Å². The van der Waals surface area contributed by atoms with Crippen LogP contribution in [0.3, 0.4) is 0 Å². The number of aromatic nitrogens is 3. The molecule has 0 aromatic carbocycles. The monoisotopic (exact) mass is 290 g/mol. The number of hydrogen-bond donors (Lipinski definition) is 1. The van der Waals surface area contributed by atoms with Crippen molar-refractivity contribution in [3.8, 4) is 10.7 Å². The Kier molecular flexibility index (Phi) is 5.20. The quantitative estimate of drug-likeness (QED) is 0.887. The largest absolute Gasteiger partial charge is 0.310 e. The molecular formula is C15H22N4S. The molecule has 2 aromatic rings. The minimum atomic E-state index is 0.476. The maximum absolute atomic E-state index is 4.77. The predicted molar refractivity (Wildman–Crippen MR) is 83.7 cm³/mol. The van der Waals surface area contributed by atoms with Crippen molar-refractivity contribution >= 4 is 11.3 Å². The molecule has 5 heteroatoms. The zero-order chi connectivity index (χ0) is 14.5. The maximum atomic E-state index is 4.77. The number of hydrogen-bond acceptors (Lipinski definition) is 5. The molecule has 0 atom stereocenters. The van der Waals surface area contributed by atoms with Crippen LogP contribution in [0.5, 0.6) is 0 Å². The van der Waals surface area contributed by atoms with Gasteiger partial charge in [-0.3, -0.25) is 9.97 Å². The van der Waals surface area contributed by atoms with Crippen molar-refractivity contribution in [2.75, 3.05) is 0 Å². The molecule has 0 saturated carbocycles. The van der Waals surface area contributed by atoms with Crippen molar-refractivity contribution in [3.05, 3.63) is 29.2 Å². The molecule has 108 valence electrons. The third kappa shape index (κ3) is 4.08. The van der Waals surface area contributed by atoms with E-state index in [9.17, 15) is 0 Å². The molecule has 0 aliphatic carbocycles. The molecule has 20 heavy (non-hydrogen) atoms. The number of nitrogens with one attached hydrogen (secondary N) is 1. The Bertz CT molecular complexity index is 534. The second-order valence-corrected chi connectivity index (χ2v) is 6.70. The summed E-state index contributed by atoms with van der Waals surface area (Å²) in [4.78, 5) is 14.6. The average Bonchev–Trinajstić information content (AvgIpc) is 2.80. The van der Waals surface area contributed by atoms with E-state index in [1.54, 1.807) is 29.9 Å².